The van der Waals surface area contributed by atoms with Crippen molar-refractivity contribution >= 4 is 11.8 Å². The summed E-state index contributed by atoms with van der Waals surface area (Å²) in [7, 11) is 0. The molecule has 3 unspecified atom stereocenters. The molecule has 0 aromatic carbocycles. The number of nitrogens with one attached hydrogen (secondary N) is 2. The summed E-state index contributed by atoms with van der Waals surface area (Å²) in [6, 6.07) is 0.624. The van der Waals surface area contributed by atoms with Gasteiger partial charge in [0.1, 0.15) is 0 Å². The molecule has 0 aliphatic heterocycles. The Kier molecular flexibility index (Phi) is 4.96. The van der Waals surface area contributed by atoms with E-state index in [9.17, 15) is 0 Å². The average Bonchev–Trinajstić information content (AvgIpc) is 2.83. The van der Waals surface area contributed by atoms with Crippen LogP contribution < -0.4 is 5.32 Å². The minimum atomic E-state index is 0.416. The Morgan fingerprint density at radius 2 is 2.21 bits per heavy atom. The molecular formula is C15H27N3S. The van der Waals surface area contributed by atoms with E-state index in [0.717, 1.165) is 17.6 Å². The van der Waals surface area contributed by atoms with Crippen molar-refractivity contribution in [3.8, 4) is 0 Å². The first-order chi connectivity index (χ1) is 9.00. The lowest BCUT2D eigenvalue weighted by atomic mass is 9.71. The maximum Gasteiger partial charge on any atom is 0.165 e. The maximum atomic E-state index is 4.37. The third-order valence-electron chi connectivity index (χ3n) is 4.22. The van der Waals surface area contributed by atoms with E-state index in [1.165, 1.54) is 19.3 Å². The van der Waals surface area contributed by atoms with Crippen molar-refractivity contribution in [3.63, 3.8) is 0 Å². The molecule has 1 aliphatic carbocycles. The van der Waals surface area contributed by atoms with Crippen molar-refractivity contribution in [1.82, 2.24) is 15.3 Å². The highest BCUT2D eigenvalue weighted by Crippen LogP contribution is 2.42. The third-order valence-corrected chi connectivity index (χ3v) is 5.49. The highest BCUT2D eigenvalue weighted by molar-refractivity contribution is 7.99. The Hall–Kier alpha value is -0.480. The standard InChI is InChI=1S/C15H27N3S/c1-5-16-12-7-6-11(15(2,3)4)10-13(12)19-14-17-8-9-18-14/h8-9,11-13,16H,5-7,10H2,1-4H3,(H,17,18). The SMILES string of the molecule is CCNC1CCC(C(C)(C)C)CC1Sc1ncc[nH]1. The Morgan fingerprint density at radius 3 is 2.79 bits per heavy atom. The minimum absolute atomic E-state index is 0.416. The van der Waals surface area contributed by atoms with E-state index in [2.05, 4.69) is 43.0 Å². The van der Waals surface area contributed by atoms with Crippen LogP contribution in [0.2, 0.25) is 0 Å². The van der Waals surface area contributed by atoms with Gasteiger partial charge >= 0.3 is 0 Å². The molecule has 19 heavy (non-hydrogen) atoms. The number of hydrogen-bond donors (Lipinski definition) is 2. The van der Waals surface area contributed by atoms with Crippen LogP contribution in [-0.2, 0) is 0 Å². The highest BCUT2D eigenvalue weighted by Gasteiger charge is 2.36. The number of rotatable bonds is 4. The zero-order chi connectivity index (χ0) is 13.9. The predicted molar refractivity (Wildman–Crippen MR) is 82.5 cm³/mol. The number of aromatic nitrogens is 2. The fraction of sp³-hybridized carbons (Fsp3) is 0.800. The summed E-state index contributed by atoms with van der Waals surface area (Å²) in [6.45, 7) is 10.4. The van der Waals surface area contributed by atoms with Gasteiger partial charge in [0.25, 0.3) is 0 Å². The van der Waals surface area contributed by atoms with Gasteiger partial charge in [-0.2, -0.15) is 0 Å². The largest absolute Gasteiger partial charge is 0.340 e. The normalized spacial score (nSPS) is 28.5. The van der Waals surface area contributed by atoms with E-state index in [1.54, 1.807) is 0 Å². The van der Waals surface area contributed by atoms with Crippen molar-refractivity contribution < 1.29 is 0 Å². The maximum absolute atomic E-state index is 4.37. The first-order valence-corrected chi connectivity index (χ1v) is 8.28. The molecule has 4 heteroatoms. The monoisotopic (exact) mass is 281 g/mol. The molecule has 0 saturated heterocycles. The van der Waals surface area contributed by atoms with Crippen molar-refractivity contribution in [3.05, 3.63) is 12.4 Å². The molecule has 1 fully saturated rings. The molecule has 3 atom stereocenters. The summed E-state index contributed by atoms with van der Waals surface area (Å²) in [4.78, 5) is 7.60. The highest BCUT2D eigenvalue weighted by atomic mass is 32.2. The minimum Gasteiger partial charge on any atom is -0.340 e. The smallest absolute Gasteiger partial charge is 0.165 e. The van der Waals surface area contributed by atoms with Crippen molar-refractivity contribution in [2.75, 3.05) is 6.54 Å². The summed E-state index contributed by atoms with van der Waals surface area (Å²) in [5.41, 5.74) is 0.416. The molecule has 1 saturated carbocycles. The summed E-state index contributed by atoms with van der Waals surface area (Å²) < 4.78 is 0. The topological polar surface area (TPSA) is 40.7 Å². The molecule has 0 radical (unpaired) electrons. The van der Waals surface area contributed by atoms with Crippen molar-refractivity contribution in [2.24, 2.45) is 11.3 Å². The lowest BCUT2D eigenvalue weighted by molar-refractivity contribution is 0.165. The van der Waals surface area contributed by atoms with Crippen molar-refractivity contribution in [1.29, 1.82) is 0 Å². The van der Waals surface area contributed by atoms with E-state index in [4.69, 9.17) is 0 Å². The Balaban J connectivity index is 2.04. The van der Waals surface area contributed by atoms with E-state index in [-0.39, 0.29) is 0 Å². The van der Waals surface area contributed by atoms with Crippen LogP contribution in [-0.4, -0.2) is 27.8 Å². The molecule has 3 nitrogen and oxygen atoms in total. The summed E-state index contributed by atoms with van der Waals surface area (Å²) in [5.74, 6) is 0.815. The van der Waals surface area contributed by atoms with Gasteiger partial charge in [0.05, 0.1) is 0 Å². The summed E-state index contributed by atoms with van der Waals surface area (Å²) in [5, 5.41) is 5.34. The molecule has 108 valence electrons. The van der Waals surface area contributed by atoms with E-state index < -0.39 is 0 Å². The van der Waals surface area contributed by atoms with Gasteiger partial charge in [-0.1, -0.05) is 39.5 Å². The number of nitrogens with zero attached hydrogens (tertiary/aromatic N) is 1. The second-order valence-electron chi connectivity index (χ2n) is 6.59. The zero-order valence-corrected chi connectivity index (χ0v) is 13.4. The van der Waals surface area contributed by atoms with E-state index in [1.807, 2.05) is 24.2 Å². The number of H-pyrrole nitrogens is 1. The lowest BCUT2D eigenvalue weighted by Crippen LogP contribution is -2.44. The van der Waals surface area contributed by atoms with Crippen LogP contribution in [0.25, 0.3) is 0 Å². The number of imidazole rings is 1. The molecule has 1 aliphatic rings. The predicted octanol–water partition coefficient (Wildman–Crippen LogP) is 3.69. The molecule has 2 rings (SSSR count). The molecule has 0 amide bonds. The van der Waals surface area contributed by atoms with Gasteiger partial charge in [0.2, 0.25) is 0 Å². The van der Waals surface area contributed by atoms with Gasteiger partial charge in [0.15, 0.2) is 5.16 Å². The average molecular weight is 281 g/mol. The van der Waals surface area contributed by atoms with Crippen LogP contribution in [0.15, 0.2) is 17.6 Å². The van der Waals surface area contributed by atoms with Crippen LogP contribution in [0, 0.1) is 11.3 Å². The third kappa shape index (κ3) is 3.99. The number of aromatic amines is 1. The summed E-state index contributed by atoms with van der Waals surface area (Å²) in [6.07, 6.45) is 7.67. The second-order valence-corrected chi connectivity index (χ2v) is 7.82. The quantitative estimate of drug-likeness (QED) is 0.884. The van der Waals surface area contributed by atoms with Gasteiger partial charge in [-0.25, -0.2) is 4.98 Å². The lowest BCUT2D eigenvalue weighted by Gasteiger charge is -2.41. The van der Waals surface area contributed by atoms with Gasteiger partial charge < -0.3 is 10.3 Å². The number of thioether (sulfide) groups is 1. The zero-order valence-electron chi connectivity index (χ0n) is 12.6. The van der Waals surface area contributed by atoms with Crippen LogP contribution >= 0.6 is 11.8 Å². The van der Waals surface area contributed by atoms with Gasteiger partial charge in [-0.15, -0.1) is 0 Å². The molecule has 1 aromatic heterocycles. The van der Waals surface area contributed by atoms with Gasteiger partial charge in [0, 0.05) is 23.7 Å². The molecule has 0 bridgehead atoms. The Morgan fingerprint density at radius 1 is 1.42 bits per heavy atom. The fourth-order valence-corrected chi connectivity index (χ4v) is 4.27. The van der Waals surface area contributed by atoms with Crippen LogP contribution in [0.3, 0.4) is 0 Å². The van der Waals surface area contributed by atoms with Gasteiger partial charge in [-0.3, -0.25) is 0 Å². The fourth-order valence-electron chi connectivity index (χ4n) is 3.00. The summed E-state index contributed by atoms with van der Waals surface area (Å²) >= 11 is 1.91. The Labute approximate surface area is 121 Å². The van der Waals surface area contributed by atoms with E-state index in [0.29, 0.717) is 16.7 Å². The van der Waals surface area contributed by atoms with E-state index >= 15 is 0 Å². The van der Waals surface area contributed by atoms with Gasteiger partial charge in [-0.05, 0) is 37.1 Å². The van der Waals surface area contributed by atoms with Crippen LogP contribution in [0.4, 0.5) is 0 Å². The molecule has 0 spiro atoms. The molecule has 2 N–H and O–H groups in total. The molecule has 1 aromatic rings. The molecular weight excluding hydrogens is 254 g/mol. The molecule has 1 heterocycles. The number of hydrogen-bond acceptors (Lipinski definition) is 3. The van der Waals surface area contributed by atoms with Crippen LogP contribution in [0.1, 0.15) is 47.0 Å². The van der Waals surface area contributed by atoms with Crippen molar-refractivity contribution in [2.45, 2.75) is 63.4 Å². The Bertz CT molecular complexity index is 369. The first-order valence-electron chi connectivity index (χ1n) is 7.40. The second kappa shape index (κ2) is 6.31. The first kappa shape index (κ1) is 14.9. The van der Waals surface area contributed by atoms with Crippen LogP contribution in [0.5, 0.6) is 0 Å².